The van der Waals surface area contributed by atoms with Crippen LogP contribution in [0.25, 0.3) is 0 Å². The summed E-state index contributed by atoms with van der Waals surface area (Å²) >= 11 is 10.3. The maximum Gasteiger partial charge on any atom is 0.232 e. The van der Waals surface area contributed by atoms with E-state index in [4.69, 9.17) is 17.3 Å². The molecule has 0 fully saturated rings. The monoisotopic (exact) mass is 229 g/mol. The normalized spacial score (nSPS) is 9.50. The maximum absolute atomic E-state index is 11.2. The van der Waals surface area contributed by atoms with Crippen LogP contribution in [0, 0.1) is 0 Å². The summed E-state index contributed by atoms with van der Waals surface area (Å²) in [6.07, 6.45) is 1.52. The molecule has 14 heavy (non-hydrogen) atoms. The molecule has 0 aromatic carbocycles. The second-order valence-electron chi connectivity index (χ2n) is 2.53. The van der Waals surface area contributed by atoms with Crippen molar-refractivity contribution in [2.24, 2.45) is 5.73 Å². The number of anilines is 1. The highest BCUT2D eigenvalue weighted by atomic mass is 35.5. The summed E-state index contributed by atoms with van der Waals surface area (Å²) in [4.78, 5) is 15.2. The molecule has 0 radical (unpaired) electrons. The molecule has 0 unspecified atom stereocenters. The van der Waals surface area contributed by atoms with Gasteiger partial charge in [0.15, 0.2) is 5.82 Å². The summed E-state index contributed by atoms with van der Waals surface area (Å²) in [6.45, 7) is 0. The van der Waals surface area contributed by atoms with E-state index in [1.807, 2.05) is 0 Å². The Morgan fingerprint density at radius 3 is 3.00 bits per heavy atom. The predicted molar refractivity (Wildman–Crippen MR) is 59.3 cm³/mol. The second-order valence-corrected chi connectivity index (χ2v) is 3.46. The summed E-state index contributed by atoms with van der Waals surface area (Å²) in [5, 5.41) is 2.87. The van der Waals surface area contributed by atoms with Crippen LogP contribution >= 0.6 is 23.8 Å². The summed E-state index contributed by atoms with van der Waals surface area (Å²) in [6, 6.07) is 3.30. The van der Waals surface area contributed by atoms with Crippen molar-refractivity contribution < 1.29 is 4.79 Å². The van der Waals surface area contributed by atoms with Crippen LogP contribution in [0.1, 0.15) is 6.42 Å². The highest BCUT2D eigenvalue weighted by molar-refractivity contribution is 7.80. The van der Waals surface area contributed by atoms with Crippen molar-refractivity contribution in [3.63, 3.8) is 0 Å². The maximum atomic E-state index is 11.2. The number of rotatable bonds is 3. The third kappa shape index (κ3) is 3.27. The molecule has 4 nitrogen and oxygen atoms in total. The number of hydrogen-bond donors (Lipinski definition) is 2. The van der Waals surface area contributed by atoms with Gasteiger partial charge in [0, 0.05) is 6.20 Å². The van der Waals surface area contributed by atoms with Gasteiger partial charge in [-0.25, -0.2) is 4.98 Å². The lowest BCUT2D eigenvalue weighted by Gasteiger charge is -2.04. The fourth-order valence-corrected chi connectivity index (χ4v) is 1.11. The lowest BCUT2D eigenvalue weighted by Crippen LogP contribution is -2.20. The third-order valence-electron chi connectivity index (χ3n) is 1.35. The van der Waals surface area contributed by atoms with Crippen molar-refractivity contribution in [2.45, 2.75) is 6.42 Å². The highest BCUT2D eigenvalue weighted by Crippen LogP contribution is 2.17. The predicted octanol–water partition coefficient (Wildman–Crippen LogP) is 1.35. The quantitative estimate of drug-likeness (QED) is 0.768. The first-order valence-electron chi connectivity index (χ1n) is 3.78. The second kappa shape index (κ2) is 4.88. The van der Waals surface area contributed by atoms with E-state index in [0.717, 1.165) is 0 Å². The topological polar surface area (TPSA) is 68.0 Å². The number of carbonyl (C=O) groups excluding carboxylic acids is 1. The number of amides is 1. The largest absolute Gasteiger partial charge is 0.393 e. The van der Waals surface area contributed by atoms with Crippen LogP contribution in [-0.2, 0) is 4.79 Å². The van der Waals surface area contributed by atoms with Crippen LogP contribution in [0.3, 0.4) is 0 Å². The molecule has 0 saturated heterocycles. The van der Waals surface area contributed by atoms with Gasteiger partial charge in [-0.15, -0.1) is 0 Å². The van der Waals surface area contributed by atoms with E-state index < -0.39 is 0 Å². The number of carbonyl (C=O) groups is 1. The standard InChI is InChI=1S/C8H8ClN3OS/c9-5-2-1-3-11-8(5)12-7(13)4-6(10)14/h1-3H,4H2,(H2,10,14)(H,11,12,13). The molecule has 0 atom stereocenters. The third-order valence-corrected chi connectivity index (χ3v) is 1.80. The molecule has 6 heteroatoms. The van der Waals surface area contributed by atoms with Gasteiger partial charge in [-0.3, -0.25) is 4.79 Å². The number of pyridine rings is 1. The number of nitrogens with two attached hydrogens (primary N) is 1. The van der Waals surface area contributed by atoms with Crippen LogP contribution in [0.15, 0.2) is 18.3 Å². The van der Waals surface area contributed by atoms with Gasteiger partial charge in [-0.1, -0.05) is 23.8 Å². The minimum atomic E-state index is -0.321. The molecule has 1 rings (SSSR count). The minimum Gasteiger partial charge on any atom is -0.393 e. The lowest BCUT2D eigenvalue weighted by atomic mass is 10.4. The molecule has 1 aromatic heterocycles. The first kappa shape index (κ1) is 10.9. The van der Waals surface area contributed by atoms with Crippen molar-refractivity contribution >= 4 is 40.5 Å². The van der Waals surface area contributed by atoms with E-state index in [1.165, 1.54) is 6.20 Å². The molecular weight excluding hydrogens is 222 g/mol. The highest BCUT2D eigenvalue weighted by Gasteiger charge is 2.06. The van der Waals surface area contributed by atoms with Gasteiger partial charge in [-0.05, 0) is 12.1 Å². The zero-order valence-corrected chi connectivity index (χ0v) is 8.73. The van der Waals surface area contributed by atoms with Crippen molar-refractivity contribution in [1.29, 1.82) is 0 Å². The first-order chi connectivity index (χ1) is 6.59. The van der Waals surface area contributed by atoms with Crippen LogP contribution in [0.4, 0.5) is 5.82 Å². The molecule has 3 N–H and O–H groups in total. The van der Waals surface area contributed by atoms with E-state index in [0.29, 0.717) is 10.8 Å². The van der Waals surface area contributed by atoms with Crippen LogP contribution in [0.5, 0.6) is 0 Å². The molecule has 0 aliphatic carbocycles. The molecule has 1 amide bonds. The van der Waals surface area contributed by atoms with Crippen molar-refractivity contribution in [1.82, 2.24) is 4.98 Å². The molecule has 0 bridgehead atoms. The van der Waals surface area contributed by atoms with E-state index in [-0.39, 0.29) is 17.3 Å². The van der Waals surface area contributed by atoms with E-state index in [9.17, 15) is 4.79 Å². The molecular formula is C8H8ClN3OS. The Kier molecular flexibility index (Phi) is 3.79. The smallest absolute Gasteiger partial charge is 0.232 e. The Hall–Kier alpha value is -1.20. The molecule has 0 aliphatic heterocycles. The summed E-state index contributed by atoms with van der Waals surface area (Å²) < 4.78 is 0. The number of hydrogen-bond acceptors (Lipinski definition) is 3. The average molecular weight is 230 g/mol. The van der Waals surface area contributed by atoms with Crippen LogP contribution in [0.2, 0.25) is 5.02 Å². The van der Waals surface area contributed by atoms with Crippen molar-refractivity contribution in [3.05, 3.63) is 23.4 Å². The van der Waals surface area contributed by atoms with Gasteiger partial charge in [0.1, 0.15) is 0 Å². The van der Waals surface area contributed by atoms with Crippen molar-refractivity contribution in [3.8, 4) is 0 Å². The minimum absolute atomic E-state index is 0.0117. The van der Waals surface area contributed by atoms with Crippen LogP contribution < -0.4 is 11.1 Å². The van der Waals surface area contributed by atoms with Gasteiger partial charge in [0.05, 0.1) is 16.4 Å². The fraction of sp³-hybridized carbons (Fsp3) is 0.125. The van der Waals surface area contributed by atoms with Gasteiger partial charge in [-0.2, -0.15) is 0 Å². The van der Waals surface area contributed by atoms with E-state index in [1.54, 1.807) is 12.1 Å². The molecule has 0 saturated carbocycles. The first-order valence-corrected chi connectivity index (χ1v) is 4.57. The summed E-state index contributed by atoms with van der Waals surface area (Å²) in [5.74, 6) is -0.00600. The molecule has 1 aromatic rings. The Labute approximate surface area is 91.5 Å². The average Bonchev–Trinajstić information content (AvgIpc) is 2.07. The van der Waals surface area contributed by atoms with Crippen molar-refractivity contribution in [2.75, 3.05) is 5.32 Å². The van der Waals surface area contributed by atoms with Gasteiger partial charge >= 0.3 is 0 Å². The van der Waals surface area contributed by atoms with Gasteiger partial charge in [0.25, 0.3) is 0 Å². The number of aromatic nitrogens is 1. The zero-order valence-electron chi connectivity index (χ0n) is 7.16. The molecule has 0 aliphatic rings. The molecule has 1 heterocycles. The van der Waals surface area contributed by atoms with Gasteiger partial charge in [0.2, 0.25) is 5.91 Å². The Bertz CT molecular complexity index is 369. The van der Waals surface area contributed by atoms with E-state index >= 15 is 0 Å². The Morgan fingerprint density at radius 1 is 1.71 bits per heavy atom. The number of nitrogens with zero attached hydrogens (tertiary/aromatic N) is 1. The summed E-state index contributed by atoms with van der Waals surface area (Å²) in [5.41, 5.74) is 5.20. The molecule has 74 valence electrons. The van der Waals surface area contributed by atoms with Crippen LogP contribution in [-0.4, -0.2) is 15.9 Å². The summed E-state index contributed by atoms with van der Waals surface area (Å²) in [7, 11) is 0. The Morgan fingerprint density at radius 2 is 2.43 bits per heavy atom. The number of thiocarbonyl (C=S) groups is 1. The number of nitrogens with one attached hydrogen (secondary N) is 1. The fourth-order valence-electron chi connectivity index (χ4n) is 0.812. The lowest BCUT2D eigenvalue weighted by molar-refractivity contribution is -0.115. The number of halogens is 1. The van der Waals surface area contributed by atoms with Gasteiger partial charge < -0.3 is 11.1 Å². The van der Waals surface area contributed by atoms with E-state index in [2.05, 4.69) is 22.5 Å². The zero-order chi connectivity index (χ0) is 10.6. The molecule has 0 spiro atoms. The SMILES string of the molecule is NC(=S)CC(=O)Nc1ncccc1Cl. The Balaban J connectivity index is 2.65.